The van der Waals surface area contributed by atoms with Crippen LogP contribution in [0.2, 0.25) is 5.02 Å². The van der Waals surface area contributed by atoms with Gasteiger partial charge in [0.2, 0.25) is 5.91 Å². The number of halogens is 2. The summed E-state index contributed by atoms with van der Waals surface area (Å²) in [5.41, 5.74) is -0.795. The summed E-state index contributed by atoms with van der Waals surface area (Å²) in [7, 11) is 0. The largest absolute Gasteiger partial charge is 0.388 e. The van der Waals surface area contributed by atoms with Gasteiger partial charge in [-0.2, -0.15) is 0 Å². The normalized spacial score (nSPS) is 14.4. The van der Waals surface area contributed by atoms with Gasteiger partial charge in [-0.3, -0.25) is 4.79 Å². The Hall–Kier alpha value is -1.39. The minimum Gasteiger partial charge on any atom is -0.388 e. The molecule has 0 aliphatic rings. The minimum atomic E-state index is -0.965. The molecule has 0 radical (unpaired) electrons. The molecular weight excluding hydrogens is 293 g/mol. The van der Waals surface area contributed by atoms with Crippen molar-refractivity contribution in [2.45, 2.75) is 32.8 Å². The van der Waals surface area contributed by atoms with Crippen LogP contribution in [0.15, 0.2) is 24.3 Å². The van der Waals surface area contributed by atoms with Crippen LogP contribution in [0, 0.1) is 11.7 Å². The zero-order chi connectivity index (χ0) is 16.0. The third-order valence-electron chi connectivity index (χ3n) is 2.89. The van der Waals surface area contributed by atoms with Crippen molar-refractivity contribution in [3.63, 3.8) is 0 Å². The van der Waals surface area contributed by atoms with Gasteiger partial charge in [-0.15, -0.1) is 0 Å². The molecule has 0 bridgehead atoms. The smallest absolute Gasteiger partial charge is 0.244 e. The highest BCUT2D eigenvalue weighted by Crippen LogP contribution is 2.20. The van der Waals surface area contributed by atoms with Gasteiger partial charge in [0.25, 0.3) is 0 Å². The van der Waals surface area contributed by atoms with Crippen LogP contribution in [0.1, 0.15) is 32.8 Å². The van der Waals surface area contributed by atoms with E-state index in [1.54, 1.807) is 13.0 Å². The van der Waals surface area contributed by atoms with E-state index in [-0.39, 0.29) is 17.1 Å². The molecule has 1 amide bonds. The second-order valence-corrected chi connectivity index (χ2v) is 6.19. The highest BCUT2D eigenvalue weighted by Gasteiger charge is 2.22. The summed E-state index contributed by atoms with van der Waals surface area (Å²) in [4.78, 5) is 11.7. The summed E-state index contributed by atoms with van der Waals surface area (Å²) in [6, 6.07) is 4.32. The van der Waals surface area contributed by atoms with E-state index >= 15 is 0 Å². The maximum Gasteiger partial charge on any atom is 0.244 e. The number of rotatable bonds is 6. The molecular formula is C16H21ClFNO2. The number of carbonyl (C=O) groups is 1. The molecule has 1 aromatic carbocycles. The van der Waals surface area contributed by atoms with Crippen LogP contribution >= 0.6 is 11.6 Å². The number of aliphatic hydroxyl groups is 1. The predicted molar refractivity (Wildman–Crippen MR) is 83.5 cm³/mol. The van der Waals surface area contributed by atoms with Crippen LogP contribution in [-0.4, -0.2) is 23.2 Å². The Kier molecular flexibility index (Phi) is 6.37. The molecule has 0 fully saturated rings. The molecule has 1 rings (SSSR count). The third-order valence-corrected chi connectivity index (χ3v) is 3.22. The standard InChI is InChI=1S/C16H21ClFNO2/c1-11(2)9-16(3,21)10-19-15(20)8-7-12-13(17)5-4-6-14(12)18/h4-8,11,21H,9-10H2,1-3H3,(H,19,20). The summed E-state index contributed by atoms with van der Waals surface area (Å²) in [6.45, 7) is 5.80. The van der Waals surface area contributed by atoms with Crippen LogP contribution in [0.4, 0.5) is 4.39 Å². The van der Waals surface area contributed by atoms with Gasteiger partial charge in [0, 0.05) is 18.2 Å². The molecule has 2 N–H and O–H groups in total. The van der Waals surface area contributed by atoms with Crippen LogP contribution in [0.3, 0.4) is 0 Å². The molecule has 0 heterocycles. The number of amides is 1. The lowest BCUT2D eigenvalue weighted by Crippen LogP contribution is -2.40. The Morgan fingerprint density at radius 1 is 1.52 bits per heavy atom. The molecule has 116 valence electrons. The second kappa shape index (κ2) is 7.57. The van der Waals surface area contributed by atoms with Crippen LogP contribution in [0.25, 0.3) is 6.08 Å². The molecule has 1 unspecified atom stereocenters. The first-order chi connectivity index (χ1) is 9.71. The van der Waals surface area contributed by atoms with Crippen molar-refractivity contribution in [2.75, 3.05) is 6.54 Å². The Morgan fingerprint density at radius 3 is 2.76 bits per heavy atom. The molecule has 0 saturated heterocycles. The van der Waals surface area contributed by atoms with Crippen LogP contribution in [-0.2, 0) is 4.79 Å². The quantitative estimate of drug-likeness (QED) is 0.791. The van der Waals surface area contributed by atoms with Crippen LogP contribution in [0.5, 0.6) is 0 Å². The van der Waals surface area contributed by atoms with Crippen molar-refractivity contribution in [2.24, 2.45) is 5.92 Å². The molecule has 1 atom stereocenters. The van der Waals surface area contributed by atoms with E-state index in [4.69, 9.17) is 11.6 Å². The Balaban J connectivity index is 2.60. The summed E-state index contributed by atoms with van der Waals surface area (Å²) in [5, 5.41) is 12.9. The topological polar surface area (TPSA) is 49.3 Å². The minimum absolute atomic E-state index is 0.138. The summed E-state index contributed by atoms with van der Waals surface area (Å²) in [5.74, 6) is -0.568. The molecule has 0 spiro atoms. The maximum absolute atomic E-state index is 13.5. The fourth-order valence-corrected chi connectivity index (χ4v) is 2.34. The van der Waals surface area contributed by atoms with E-state index in [0.29, 0.717) is 12.3 Å². The van der Waals surface area contributed by atoms with E-state index in [2.05, 4.69) is 5.32 Å². The average molecular weight is 314 g/mol. The molecule has 0 aliphatic heterocycles. The van der Waals surface area contributed by atoms with Gasteiger partial charge in [0.15, 0.2) is 0 Å². The van der Waals surface area contributed by atoms with Gasteiger partial charge in [-0.1, -0.05) is 31.5 Å². The highest BCUT2D eigenvalue weighted by atomic mass is 35.5. The van der Waals surface area contributed by atoms with Gasteiger partial charge < -0.3 is 10.4 Å². The van der Waals surface area contributed by atoms with Crippen molar-refractivity contribution in [3.05, 3.63) is 40.7 Å². The lowest BCUT2D eigenvalue weighted by Gasteiger charge is -2.25. The molecule has 0 aromatic heterocycles. The number of nitrogens with one attached hydrogen (secondary N) is 1. The number of hydrogen-bond acceptors (Lipinski definition) is 2. The average Bonchev–Trinajstić information content (AvgIpc) is 2.34. The second-order valence-electron chi connectivity index (χ2n) is 5.78. The summed E-state index contributed by atoms with van der Waals surface area (Å²) in [6.07, 6.45) is 3.11. The van der Waals surface area contributed by atoms with Crippen molar-refractivity contribution in [1.29, 1.82) is 0 Å². The fraction of sp³-hybridized carbons (Fsp3) is 0.438. The zero-order valence-corrected chi connectivity index (χ0v) is 13.2. The fourth-order valence-electron chi connectivity index (χ4n) is 2.12. The van der Waals surface area contributed by atoms with E-state index in [9.17, 15) is 14.3 Å². The van der Waals surface area contributed by atoms with Crippen molar-refractivity contribution < 1.29 is 14.3 Å². The lowest BCUT2D eigenvalue weighted by molar-refractivity contribution is -0.117. The number of carbonyl (C=O) groups excluding carboxylic acids is 1. The van der Waals surface area contributed by atoms with Crippen molar-refractivity contribution in [3.8, 4) is 0 Å². The molecule has 3 nitrogen and oxygen atoms in total. The molecule has 1 aromatic rings. The van der Waals surface area contributed by atoms with E-state index in [0.717, 1.165) is 0 Å². The van der Waals surface area contributed by atoms with Crippen LogP contribution < -0.4 is 5.32 Å². The summed E-state index contributed by atoms with van der Waals surface area (Å²) < 4.78 is 13.5. The van der Waals surface area contributed by atoms with E-state index in [1.165, 1.54) is 24.3 Å². The first-order valence-corrected chi connectivity index (χ1v) is 7.21. The zero-order valence-electron chi connectivity index (χ0n) is 12.5. The molecule has 0 saturated carbocycles. The van der Waals surface area contributed by atoms with E-state index in [1.807, 2.05) is 13.8 Å². The number of hydrogen-bond donors (Lipinski definition) is 2. The number of benzene rings is 1. The predicted octanol–water partition coefficient (Wildman–Crippen LogP) is 3.41. The van der Waals surface area contributed by atoms with Crippen molar-refractivity contribution >= 4 is 23.6 Å². The van der Waals surface area contributed by atoms with Gasteiger partial charge in [0.05, 0.1) is 10.6 Å². The molecule has 0 aliphatic carbocycles. The van der Waals surface area contributed by atoms with E-state index < -0.39 is 17.3 Å². The van der Waals surface area contributed by atoms with Gasteiger partial charge in [-0.25, -0.2) is 4.39 Å². The Bertz CT molecular complexity index is 507. The molecule has 21 heavy (non-hydrogen) atoms. The van der Waals surface area contributed by atoms with Crippen molar-refractivity contribution in [1.82, 2.24) is 5.32 Å². The lowest BCUT2D eigenvalue weighted by atomic mass is 9.94. The van der Waals surface area contributed by atoms with Gasteiger partial charge in [0.1, 0.15) is 5.82 Å². The Morgan fingerprint density at radius 2 is 2.19 bits per heavy atom. The first-order valence-electron chi connectivity index (χ1n) is 6.83. The maximum atomic E-state index is 13.5. The SMILES string of the molecule is CC(C)CC(C)(O)CNC(=O)C=Cc1c(F)cccc1Cl. The van der Waals surface area contributed by atoms with Gasteiger partial charge >= 0.3 is 0 Å². The van der Waals surface area contributed by atoms with Gasteiger partial charge in [-0.05, 0) is 37.5 Å². The summed E-state index contributed by atoms with van der Waals surface area (Å²) >= 11 is 5.86. The third kappa shape index (κ3) is 6.27. The molecule has 5 heteroatoms. The monoisotopic (exact) mass is 313 g/mol. The first kappa shape index (κ1) is 17.7. The highest BCUT2D eigenvalue weighted by molar-refractivity contribution is 6.32. The Labute approximate surface area is 129 Å².